The molecule has 2 heterocycles. The summed E-state index contributed by atoms with van der Waals surface area (Å²) in [7, 11) is 0. The van der Waals surface area contributed by atoms with Crippen LogP contribution in [0.15, 0.2) is 60.9 Å². The zero-order chi connectivity index (χ0) is 13.1. The van der Waals surface area contributed by atoms with E-state index in [4.69, 9.17) is 12.2 Å². The van der Waals surface area contributed by atoms with Gasteiger partial charge in [0, 0.05) is 18.1 Å². The molecule has 2 aromatic heterocycles. The molecule has 1 unspecified atom stereocenters. The van der Waals surface area contributed by atoms with Gasteiger partial charge in [-0.05, 0) is 29.9 Å². The summed E-state index contributed by atoms with van der Waals surface area (Å²) < 4.78 is 0.631. The van der Waals surface area contributed by atoms with Gasteiger partial charge in [-0.15, -0.1) is 0 Å². The van der Waals surface area contributed by atoms with Crippen LogP contribution in [0.25, 0.3) is 0 Å². The molecule has 0 saturated carbocycles. The molecule has 0 aliphatic rings. The molecule has 0 saturated heterocycles. The van der Waals surface area contributed by atoms with Gasteiger partial charge >= 0.3 is 0 Å². The van der Waals surface area contributed by atoms with E-state index in [0.717, 1.165) is 11.4 Å². The maximum absolute atomic E-state index is 5.12. The Morgan fingerprint density at radius 1 is 1.00 bits per heavy atom. The van der Waals surface area contributed by atoms with Crippen LogP contribution in [0.2, 0.25) is 0 Å². The van der Waals surface area contributed by atoms with Crippen LogP contribution < -0.4 is 0 Å². The number of rotatable bonds is 3. The number of hydrogen-bond acceptors (Lipinski definition) is 2. The zero-order valence-corrected chi connectivity index (χ0v) is 11.0. The van der Waals surface area contributed by atoms with Gasteiger partial charge in [0.1, 0.15) is 0 Å². The summed E-state index contributed by atoms with van der Waals surface area (Å²) in [6, 6.07) is 16.2. The SMILES string of the molecule is S=c1[nH]cc(C(c2ccccc2)c2ccccn2)[nH]1. The fourth-order valence-electron chi connectivity index (χ4n) is 2.20. The maximum Gasteiger partial charge on any atom is 0.174 e. The van der Waals surface area contributed by atoms with Crippen molar-refractivity contribution in [3.8, 4) is 0 Å². The zero-order valence-electron chi connectivity index (χ0n) is 10.2. The number of pyridine rings is 1. The van der Waals surface area contributed by atoms with Gasteiger partial charge in [-0.1, -0.05) is 36.4 Å². The van der Waals surface area contributed by atoms with Crippen LogP contribution in [-0.2, 0) is 0 Å². The minimum atomic E-state index is 0.0651. The first-order chi connectivity index (χ1) is 9.34. The molecule has 4 heteroatoms. The van der Waals surface area contributed by atoms with Crippen LogP contribution in [-0.4, -0.2) is 15.0 Å². The molecule has 0 aliphatic carbocycles. The Kier molecular flexibility index (Phi) is 3.25. The van der Waals surface area contributed by atoms with Crippen LogP contribution in [0.3, 0.4) is 0 Å². The fourth-order valence-corrected chi connectivity index (χ4v) is 2.38. The number of H-pyrrole nitrogens is 2. The molecule has 0 fully saturated rings. The Labute approximate surface area is 116 Å². The number of aromatic amines is 2. The van der Waals surface area contributed by atoms with Crippen LogP contribution in [0.1, 0.15) is 22.9 Å². The fraction of sp³-hybridized carbons (Fsp3) is 0.0667. The lowest BCUT2D eigenvalue weighted by Crippen LogP contribution is -2.05. The minimum absolute atomic E-state index is 0.0651. The van der Waals surface area contributed by atoms with Crippen molar-refractivity contribution in [2.45, 2.75) is 5.92 Å². The molecule has 3 rings (SSSR count). The third-order valence-corrected chi connectivity index (χ3v) is 3.26. The highest BCUT2D eigenvalue weighted by Gasteiger charge is 2.18. The molecular weight excluding hydrogens is 254 g/mol. The highest BCUT2D eigenvalue weighted by molar-refractivity contribution is 7.71. The van der Waals surface area contributed by atoms with E-state index in [0.29, 0.717) is 4.77 Å². The summed E-state index contributed by atoms with van der Waals surface area (Å²) in [5, 5.41) is 0. The molecule has 0 amide bonds. The summed E-state index contributed by atoms with van der Waals surface area (Å²) in [6.07, 6.45) is 3.72. The summed E-state index contributed by atoms with van der Waals surface area (Å²) in [5.74, 6) is 0.0651. The smallest absolute Gasteiger partial charge is 0.174 e. The van der Waals surface area contributed by atoms with E-state index in [1.807, 2.05) is 48.8 Å². The number of benzene rings is 1. The highest BCUT2D eigenvalue weighted by Crippen LogP contribution is 2.28. The second-order valence-electron chi connectivity index (χ2n) is 4.30. The largest absolute Gasteiger partial charge is 0.337 e. The van der Waals surface area contributed by atoms with Gasteiger partial charge in [0.25, 0.3) is 0 Å². The standard InChI is InChI=1S/C15H13N3S/c19-15-17-10-13(18-15)14(11-6-2-1-3-7-11)12-8-4-5-9-16-12/h1-10,14H,(H2,17,18,19). The monoisotopic (exact) mass is 267 g/mol. The van der Waals surface area contributed by atoms with E-state index in [9.17, 15) is 0 Å². The van der Waals surface area contributed by atoms with Gasteiger partial charge in [-0.3, -0.25) is 4.98 Å². The highest BCUT2D eigenvalue weighted by atomic mass is 32.1. The molecular formula is C15H13N3S. The lowest BCUT2D eigenvalue weighted by atomic mass is 9.92. The lowest BCUT2D eigenvalue weighted by Gasteiger charge is -2.15. The Bertz CT molecular complexity index is 661. The third-order valence-electron chi connectivity index (χ3n) is 3.04. The first-order valence-corrected chi connectivity index (χ1v) is 6.49. The molecule has 3 nitrogen and oxygen atoms in total. The van der Waals surface area contributed by atoms with E-state index in [2.05, 4.69) is 27.1 Å². The first kappa shape index (κ1) is 11.9. The number of aromatic nitrogens is 3. The molecule has 0 bridgehead atoms. The van der Waals surface area contributed by atoms with Crippen LogP contribution in [0.5, 0.6) is 0 Å². The van der Waals surface area contributed by atoms with Crippen molar-refractivity contribution in [1.29, 1.82) is 0 Å². The van der Waals surface area contributed by atoms with Gasteiger partial charge in [-0.2, -0.15) is 0 Å². The van der Waals surface area contributed by atoms with Gasteiger partial charge in [0.15, 0.2) is 4.77 Å². The maximum atomic E-state index is 5.12. The predicted molar refractivity (Wildman–Crippen MR) is 77.6 cm³/mol. The second kappa shape index (κ2) is 5.20. The number of imidazole rings is 1. The summed E-state index contributed by atoms with van der Waals surface area (Å²) in [5.41, 5.74) is 3.21. The van der Waals surface area contributed by atoms with E-state index in [1.54, 1.807) is 0 Å². The number of nitrogens with one attached hydrogen (secondary N) is 2. The molecule has 94 valence electrons. The van der Waals surface area contributed by atoms with E-state index in [-0.39, 0.29) is 5.92 Å². The quantitative estimate of drug-likeness (QED) is 0.711. The number of hydrogen-bond donors (Lipinski definition) is 2. The van der Waals surface area contributed by atoms with Crippen LogP contribution >= 0.6 is 12.2 Å². The van der Waals surface area contributed by atoms with Crippen molar-refractivity contribution in [3.63, 3.8) is 0 Å². The lowest BCUT2D eigenvalue weighted by molar-refractivity contribution is 0.884. The molecule has 0 radical (unpaired) electrons. The Hall–Kier alpha value is -2.20. The van der Waals surface area contributed by atoms with E-state index < -0.39 is 0 Å². The van der Waals surface area contributed by atoms with E-state index >= 15 is 0 Å². The van der Waals surface area contributed by atoms with Crippen molar-refractivity contribution in [3.05, 3.63) is 82.6 Å². The molecule has 1 aromatic carbocycles. The Morgan fingerprint density at radius 3 is 2.42 bits per heavy atom. The predicted octanol–water partition coefficient (Wildman–Crippen LogP) is 3.65. The average Bonchev–Trinajstić information content (AvgIpc) is 2.88. The van der Waals surface area contributed by atoms with Crippen LogP contribution in [0, 0.1) is 4.77 Å². The normalized spacial score (nSPS) is 12.2. The summed E-state index contributed by atoms with van der Waals surface area (Å²) >= 11 is 5.12. The topological polar surface area (TPSA) is 44.5 Å². The summed E-state index contributed by atoms with van der Waals surface area (Å²) in [4.78, 5) is 10.7. The number of nitrogens with zero attached hydrogens (tertiary/aromatic N) is 1. The summed E-state index contributed by atoms with van der Waals surface area (Å²) in [6.45, 7) is 0. The molecule has 1 atom stereocenters. The molecule has 3 aromatic rings. The van der Waals surface area contributed by atoms with Gasteiger partial charge < -0.3 is 9.97 Å². The average molecular weight is 267 g/mol. The van der Waals surface area contributed by atoms with Crippen molar-refractivity contribution in [1.82, 2.24) is 15.0 Å². The molecule has 0 aliphatic heterocycles. The molecule has 0 spiro atoms. The van der Waals surface area contributed by atoms with Crippen molar-refractivity contribution < 1.29 is 0 Å². The Morgan fingerprint density at radius 2 is 1.79 bits per heavy atom. The van der Waals surface area contributed by atoms with Crippen LogP contribution in [0.4, 0.5) is 0 Å². The Balaban J connectivity index is 2.14. The molecule has 2 N–H and O–H groups in total. The van der Waals surface area contributed by atoms with Crippen molar-refractivity contribution in [2.24, 2.45) is 0 Å². The second-order valence-corrected chi connectivity index (χ2v) is 4.70. The van der Waals surface area contributed by atoms with Gasteiger partial charge in [0.2, 0.25) is 0 Å². The molecule has 19 heavy (non-hydrogen) atoms. The third kappa shape index (κ3) is 2.48. The first-order valence-electron chi connectivity index (χ1n) is 6.08. The van der Waals surface area contributed by atoms with Crippen molar-refractivity contribution in [2.75, 3.05) is 0 Å². The van der Waals surface area contributed by atoms with Crippen molar-refractivity contribution >= 4 is 12.2 Å². The van der Waals surface area contributed by atoms with Gasteiger partial charge in [-0.25, -0.2) is 0 Å². The van der Waals surface area contributed by atoms with Gasteiger partial charge in [0.05, 0.1) is 11.6 Å². The van der Waals surface area contributed by atoms with E-state index in [1.165, 1.54) is 5.56 Å². The minimum Gasteiger partial charge on any atom is -0.337 e.